The largest absolute Gasteiger partial charge is 0.294 e. The van der Waals surface area contributed by atoms with Crippen molar-refractivity contribution in [1.29, 1.82) is 0 Å². The molecule has 132 valence electrons. The van der Waals surface area contributed by atoms with Crippen molar-refractivity contribution in [3.8, 4) is 11.3 Å². The van der Waals surface area contributed by atoms with Gasteiger partial charge in [-0.3, -0.25) is 4.79 Å². The molecule has 1 aliphatic rings. The van der Waals surface area contributed by atoms with E-state index in [2.05, 4.69) is 50.2 Å². The van der Waals surface area contributed by atoms with Gasteiger partial charge in [-0.15, -0.1) is 0 Å². The normalized spacial score (nSPS) is 15.9. The minimum Gasteiger partial charge on any atom is -0.294 e. The zero-order valence-corrected chi connectivity index (χ0v) is 15.6. The Labute approximate surface area is 158 Å². The second-order valence-electron chi connectivity index (χ2n) is 8.30. The van der Waals surface area contributed by atoms with E-state index in [1.807, 2.05) is 30.3 Å². The summed E-state index contributed by atoms with van der Waals surface area (Å²) in [6.07, 6.45) is 1.46. The number of pyridine rings is 1. The van der Waals surface area contributed by atoms with Gasteiger partial charge in [0.15, 0.2) is 5.78 Å². The van der Waals surface area contributed by atoms with Crippen molar-refractivity contribution in [2.75, 3.05) is 0 Å². The number of aromatic nitrogens is 1. The van der Waals surface area contributed by atoms with Crippen LogP contribution in [-0.4, -0.2) is 10.8 Å². The number of ketones is 1. The van der Waals surface area contributed by atoms with Crippen molar-refractivity contribution in [3.63, 3.8) is 0 Å². The Morgan fingerprint density at radius 2 is 1.59 bits per heavy atom. The molecule has 0 saturated carbocycles. The van der Waals surface area contributed by atoms with Crippen LogP contribution >= 0.6 is 0 Å². The highest BCUT2D eigenvalue weighted by Gasteiger charge is 2.35. The fourth-order valence-electron chi connectivity index (χ4n) is 4.46. The van der Waals surface area contributed by atoms with E-state index >= 15 is 0 Å². The number of carbonyl (C=O) groups excluding carboxylic acids is 1. The van der Waals surface area contributed by atoms with E-state index in [4.69, 9.17) is 4.98 Å². The van der Waals surface area contributed by atoms with E-state index in [0.717, 1.165) is 39.7 Å². The molecule has 0 unspecified atom stereocenters. The summed E-state index contributed by atoms with van der Waals surface area (Å²) in [6.45, 7) is 4.38. The summed E-state index contributed by atoms with van der Waals surface area (Å²) >= 11 is 0. The Balaban J connectivity index is 1.96. The van der Waals surface area contributed by atoms with Crippen LogP contribution in [-0.2, 0) is 6.42 Å². The summed E-state index contributed by atoms with van der Waals surface area (Å²) < 4.78 is 0. The summed E-state index contributed by atoms with van der Waals surface area (Å²) in [5, 5.41) is 3.52. The topological polar surface area (TPSA) is 30.0 Å². The van der Waals surface area contributed by atoms with Gasteiger partial charge < -0.3 is 0 Å². The van der Waals surface area contributed by atoms with Crippen LogP contribution in [0.4, 0.5) is 0 Å². The summed E-state index contributed by atoms with van der Waals surface area (Å²) in [7, 11) is 0. The first-order chi connectivity index (χ1) is 13.0. The van der Waals surface area contributed by atoms with Crippen molar-refractivity contribution in [1.82, 2.24) is 4.98 Å². The molecule has 0 amide bonds. The van der Waals surface area contributed by atoms with E-state index in [1.165, 1.54) is 10.8 Å². The standard InChI is InChI=1S/C25H21NO/c1-25(2)14-19-22-18-11-7-6-8-16(18)12-13-20(22)26-24(23(19)21(27)15-25)17-9-4-3-5-10-17/h3-13H,14-15H2,1-2H3. The van der Waals surface area contributed by atoms with Crippen LogP contribution in [0.15, 0.2) is 66.7 Å². The Morgan fingerprint density at radius 1 is 0.852 bits per heavy atom. The molecule has 0 radical (unpaired) electrons. The third-order valence-electron chi connectivity index (χ3n) is 5.60. The maximum atomic E-state index is 13.2. The summed E-state index contributed by atoms with van der Waals surface area (Å²) in [4.78, 5) is 18.2. The number of fused-ring (bicyclic) bond motifs is 5. The number of benzene rings is 3. The maximum Gasteiger partial charge on any atom is 0.165 e. The van der Waals surface area contributed by atoms with E-state index < -0.39 is 0 Å². The molecule has 2 heteroatoms. The first-order valence-corrected chi connectivity index (χ1v) is 9.46. The highest BCUT2D eigenvalue weighted by molar-refractivity contribution is 6.14. The predicted octanol–water partition coefficient (Wildman–Crippen LogP) is 6.21. The molecule has 0 spiro atoms. The lowest BCUT2D eigenvalue weighted by molar-refractivity contribution is 0.0913. The number of hydrogen-bond acceptors (Lipinski definition) is 2. The van der Waals surface area contributed by atoms with E-state index in [9.17, 15) is 4.79 Å². The molecule has 2 nitrogen and oxygen atoms in total. The van der Waals surface area contributed by atoms with Crippen LogP contribution in [0.2, 0.25) is 0 Å². The van der Waals surface area contributed by atoms with E-state index in [-0.39, 0.29) is 11.2 Å². The fraction of sp³-hybridized carbons (Fsp3) is 0.200. The summed E-state index contributed by atoms with van der Waals surface area (Å²) in [6, 6.07) is 22.7. The smallest absolute Gasteiger partial charge is 0.165 e. The van der Waals surface area contributed by atoms with Crippen molar-refractivity contribution in [2.24, 2.45) is 5.41 Å². The Morgan fingerprint density at radius 3 is 2.41 bits per heavy atom. The second kappa shape index (κ2) is 5.75. The first-order valence-electron chi connectivity index (χ1n) is 9.46. The minimum absolute atomic E-state index is 0.0384. The van der Waals surface area contributed by atoms with Crippen molar-refractivity contribution in [3.05, 3.63) is 77.9 Å². The molecule has 0 aliphatic heterocycles. The SMILES string of the molecule is CC1(C)CC(=O)c2c(-c3ccccc3)nc3ccc4ccccc4c3c2C1. The number of carbonyl (C=O) groups is 1. The molecular weight excluding hydrogens is 330 g/mol. The van der Waals surface area contributed by atoms with Gasteiger partial charge in [-0.1, -0.05) is 74.5 Å². The zero-order valence-electron chi connectivity index (χ0n) is 15.6. The molecule has 0 saturated heterocycles. The lowest BCUT2D eigenvalue weighted by atomic mass is 9.71. The van der Waals surface area contributed by atoms with Crippen LogP contribution in [0.3, 0.4) is 0 Å². The van der Waals surface area contributed by atoms with Gasteiger partial charge in [0, 0.05) is 22.9 Å². The molecule has 1 heterocycles. The molecule has 0 bridgehead atoms. The molecule has 0 atom stereocenters. The number of Topliss-reactive ketones (excluding diaryl/α,β-unsaturated/α-hetero) is 1. The average molecular weight is 351 g/mol. The van der Waals surface area contributed by atoms with Crippen LogP contribution in [0.1, 0.15) is 36.2 Å². The zero-order chi connectivity index (χ0) is 18.6. The molecule has 5 rings (SSSR count). The Bertz CT molecular complexity index is 1210. The number of hydrogen-bond donors (Lipinski definition) is 0. The lowest BCUT2D eigenvalue weighted by Crippen LogP contribution is -2.28. The van der Waals surface area contributed by atoms with Gasteiger partial charge >= 0.3 is 0 Å². The molecule has 3 aromatic carbocycles. The quantitative estimate of drug-likeness (QED) is 0.382. The van der Waals surface area contributed by atoms with Gasteiger partial charge in [0.1, 0.15) is 0 Å². The maximum absolute atomic E-state index is 13.2. The van der Waals surface area contributed by atoms with Crippen molar-refractivity contribution in [2.45, 2.75) is 26.7 Å². The van der Waals surface area contributed by atoms with Gasteiger partial charge in [0.05, 0.1) is 11.2 Å². The van der Waals surface area contributed by atoms with Gasteiger partial charge in [0.2, 0.25) is 0 Å². The van der Waals surface area contributed by atoms with Crippen LogP contribution < -0.4 is 0 Å². The first kappa shape index (κ1) is 16.2. The van der Waals surface area contributed by atoms with Crippen molar-refractivity contribution < 1.29 is 4.79 Å². The Kier molecular flexibility index (Phi) is 3.45. The van der Waals surface area contributed by atoms with Gasteiger partial charge in [-0.2, -0.15) is 0 Å². The monoisotopic (exact) mass is 351 g/mol. The van der Waals surface area contributed by atoms with Gasteiger partial charge in [-0.05, 0) is 34.2 Å². The third-order valence-corrected chi connectivity index (χ3v) is 5.60. The van der Waals surface area contributed by atoms with Crippen LogP contribution in [0, 0.1) is 5.41 Å². The highest BCUT2D eigenvalue weighted by atomic mass is 16.1. The van der Waals surface area contributed by atoms with Crippen LogP contribution in [0.5, 0.6) is 0 Å². The summed E-state index contributed by atoms with van der Waals surface area (Å²) in [5.41, 5.74) is 4.76. The summed E-state index contributed by atoms with van der Waals surface area (Å²) in [5.74, 6) is 0.211. The minimum atomic E-state index is -0.0384. The molecule has 0 fully saturated rings. The molecule has 1 aromatic heterocycles. The van der Waals surface area contributed by atoms with E-state index in [1.54, 1.807) is 0 Å². The highest BCUT2D eigenvalue weighted by Crippen LogP contribution is 2.43. The number of nitrogens with zero attached hydrogens (tertiary/aromatic N) is 1. The molecule has 27 heavy (non-hydrogen) atoms. The van der Waals surface area contributed by atoms with Crippen LogP contribution in [0.25, 0.3) is 32.9 Å². The average Bonchev–Trinajstić information content (AvgIpc) is 2.66. The predicted molar refractivity (Wildman–Crippen MR) is 111 cm³/mol. The van der Waals surface area contributed by atoms with E-state index in [0.29, 0.717) is 6.42 Å². The molecule has 1 aliphatic carbocycles. The van der Waals surface area contributed by atoms with Gasteiger partial charge in [-0.25, -0.2) is 4.98 Å². The number of rotatable bonds is 1. The molecule has 4 aromatic rings. The lowest BCUT2D eigenvalue weighted by Gasteiger charge is -2.32. The molecule has 0 N–H and O–H groups in total. The van der Waals surface area contributed by atoms with Gasteiger partial charge in [0.25, 0.3) is 0 Å². The fourth-order valence-corrected chi connectivity index (χ4v) is 4.46. The van der Waals surface area contributed by atoms with Crippen molar-refractivity contribution >= 4 is 27.5 Å². The third kappa shape index (κ3) is 2.56. The molecular formula is C25H21NO. The Hall–Kier alpha value is -3.00. The second-order valence-corrected chi connectivity index (χ2v) is 8.30.